The van der Waals surface area contributed by atoms with Gasteiger partial charge < -0.3 is 11.5 Å². The van der Waals surface area contributed by atoms with Crippen molar-refractivity contribution in [3.63, 3.8) is 0 Å². The van der Waals surface area contributed by atoms with Crippen molar-refractivity contribution in [2.24, 2.45) is 5.73 Å². The smallest absolute Gasteiger partial charge is 0.252 e. The number of carbonyl (C=O) groups excluding carboxylic acids is 1. The number of aromatic nitrogens is 2. The van der Waals surface area contributed by atoms with E-state index in [1.165, 1.54) is 6.07 Å². The SMILES string of the molecule is NC(=O)c1ccc(-c2cccc(CCc3cc(=O)[nH]c(N)n3)c2)cc1. The van der Waals surface area contributed by atoms with E-state index in [2.05, 4.69) is 16.0 Å². The summed E-state index contributed by atoms with van der Waals surface area (Å²) in [6.45, 7) is 0. The fourth-order valence-corrected chi connectivity index (χ4v) is 2.66. The number of rotatable bonds is 5. The first-order chi connectivity index (χ1) is 12.0. The molecule has 25 heavy (non-hydrogen) atoms. The third-order valence-electron chi connectivity index (χ3n) is 3.91. The molecule has 6 heteroatoms. The number of nitrogen functional groups attached to an aromatic ring is 1. The number of nitrogens with zero attached hydrogens (tertiary/aromatic N) is 1. The van der Waals surface area contributed by atoms with Gasteiger partial charge in [0.1, 0.15) is 0 Å². The maximum Gasteiger partial charge on any atom is 0.252 e. The van der Waals surface area contributed by atoms with Crippen LogP contribution in [0.2, 0.25) is 0 Å². The molecule has 0 aliphatic carbocycles. The lowest BCUT2D eigenvalue weighted by Crippen LogP contribution is -2.12. The molecule has 3 aromatic rings. The summed E-state index contributed by atoms with van der Waals surface area (Å²) in [5, 5.41) is 0. The number of nitrogens with one attached hydrogen (secondary N) is 1. The van der Waals surface area contributed by atoms with Gasteiger partial charge in [-0.25, -0.2) is 4.98 Å². The maximum atomic E-state index is 11.4. The zero-order chi connectivity index (χ0) is 17.8. The fourth-order valence-electron chi connectivity index (χ4n) is 2.66. The number of primary amides is 1. The number of benzene rings is 2. The second-order valence-corrected chi connectivity index (χ2v) is 5.76. The van der Waals surface area contributed by atoms with Gasteiger partial charge in [-0.05, 0) is 41.7 Å². The van der Waals surface area contributed by atoms with Gasteiger partial charge in [0.25, 0.3) is 5.56 Å². The lowest BCUT2D eigenvalue weighted by atomic mass is 9.99. The third-order valence-corrected chi connectivity index (χ3v) is 3.91. The van der Waals surface area contributed by atoms with Gasteiger partial charge in [-0.15, -0.1) is 0 Å². The molecule has 1 amide bonds. The van der Waals surface area contributed by atoms with Crippen molar-refractivity contribution < 1.29 is 4.79 Å². The lowest BCUT2D eigenvalue weighted by molar-refractivity contribution is 0.100. The number of hydrogen-bond donors (Lipinski definition) is 3. The first-order valence-corrected chi connectivity index (χ1v) is 7.86. The molecule has 0 saturated carbocycles. The number of hydrogen-bond acceptors (Lipinski definition) is 4. The van der Waals surface area contributed by atoms with Crippen molar-refractivity contribution in [3.8, 4) is 11.1 Å². The van der Waals surface area contributed by atoms with Crippen molar-refractivity contribution in [2.45, 2.75) is 12.8 Å². The second kappa shape index (κ2) is 7.00. The number of aromatic amines is 1. The molecule has 5 N–H and O–H groups in total. The van der Waals surface area contributed by atoms with Crippen LogP contribution in [0.1, 0.15) is 21.6 Å². The Balaban J connectivity index is 1.77. The van der Waals surface area contributed by atoms with Crippen LogP contribution in [0.5, 0.6) is 0 Å². The zero-order valence-electron chi connectivity index (χ0n) is 13.5. The van der Waals surface area contributed by atoms with Crippen molar-refractivity contribution in [2.75, 3.05) is 5.73 Å². The van der Waals surface area contributed by atoms with E-state index in [-0.39, 0.29) is 11.5 Å². The van der Waals surface area contributed by atoms with E-state index in [9.17, 15) is 9.59 Å². The van der Waals surface area contributed by atoms with E-state index in [4.69, 9.17) is 11.5 Å². The molecular weight excluding hydrogens is 316 g/mol. The van der Waals surface area contributed by atoms with E-state index < -0.39 is 5.91 Å². The molecule has 3 rings (SSSR count). The molecule has 0 aliphatic heterocycles. The summed E-state index contributed by atoms with van der Waals surface area (Å²) < 4.78 is 0. The van der Waals surface area contributed by atoms with E-state index in [0.29, 0.717) is 17.7 Å². The Bertz CT molecular complexity index is 962. The van der Waals surface area contributed by atoms with Crippen molar-refractivity contribution in [1.29, 1.82) is 0 Å². The van der Waals surface area contributed by atoms with Crippen molar-refractivity contribution in [3.05, 3.63) is 81.8 Å². The minimum Gasteiger partial charge on any atom is -0.369 e. The zero-order valence-corrected chi connectivity index (χ0v) is 13.5. The van der Waals surface area contributed by atoms with Crippen LogP contribution in [0.4, 0.5) is 5.95 Å². The Morgan fingerprint density at radius 1 is 1.00 bits per heavy atom. The Morgan fingerprint density at radius 3 is 2.44 bits per heavy atom. The Labute approximate surface area is 144 Å². The topological polar surface area (TPSA) is 115 Å². The lowest BCUT2D eigenvalue weighted by Gasteiger charge is -2.07. The Morgan fingerprint density at radius 2 is 1.76 bits per heavy atom. The van der Waals surface area contributed by atoms with Crippen LogP contribution in [0.3, 0.4) is 0 Å². The van der Waals surface area contributed by atoms with Gasteiger partial charge >= 0.3 is 0 Å². The van der Waals surface area contributed by atoms with Crippen LogP contribution >= 0.6 is 0 Å². The predicted molar refractivity (Wildman–Crippen MR) is 97.1 cm³/mol. The normalized spacial score (nSPS) is 10.6. The van der Waals surface area contributed by atoms with Crippen LogP contribution in [0.25, 0.3) is 11.1 Å². The standard InChI is InChI=1S/C19H18N4O2/c20-18(25)14-7-5-13(6-8-14)15-3-1-2-12(10-15)4-9-16-11-17(24)23-19(21)22-16/h1-3,5-8,10-11H,4,9H2,(H2,20,25)(H3,21,22,23,24). The van der Waals surface area contributed by atoms with Crippen LogP contribution in [-0.2, 0) is 12.8 Å². The summed E-state index contributed by atoms with van der Waals surface area (Å²) in [5.74, 6) is -0.310. The molecule has 0 unspecified atom stereocenters. The van der Waals surface area contributed by atoms with Gasteiger partial charge in [-0.3, -0.25) is 14.6 Å². The maximum absolute atomic E-state index is 11.4. The molecule has 0 aliphatic rings. The quantitative estimate of drug-likeness (QED) is 0.661. The van der Waals surface area contributed by atoms with Crippen LogP contribution in [0, 0.1) is 0 Å². The van der Waals surface area contributed by atoms with Crippen LogP contribution in [-0.4, -0.2) is 15.9 Å². The van der Waals surface area contributed by atoms with E-state index in [0.717, 1.165) is 23.1 Å². The van der Waals surface area contributed by atoms with Gasteiger partial charge in [0.2, 0.25) is 11.9 Å². The summed E-state index contributed by atoms with van der Waals surface area (Å²) in [5.41, 5.74) is 14.9. The minimum absolute atomic E-state index is 0.130. The Hall–Kier alpha value is -3.41. The average molecular weight is 334 g/mol. The van der Waals surface area contributed by atoms with Crippen molar-refractivity contribution in [1.82, 2.24) is 9.97 Å². The van der Waals surface area contributed by atoms with Gasteiger partial charge in [0.15, 0.2) is 0 Å². The van der Waals surface area contributed by atoms with Crippen molar-refractivity contribution >= 4 is 11.9 Å². The molecule has 0 radical (unpaired) electrons. The van der Waals surface area contributed by atoms with Crippen LogP contribution in [0.15, 0.2) is 59.4 Å². The highest BCUT2D eigenvalue weighted by Gasteiger charge is 2.04. The summed E-state index contributed by atoms with van der Waals surface area (Å²) in [4.78, 5) is 29.1. The van der Waals surface area contributed by atoms with Gasteiger partial charge in [0, 0.05) is 11.6 Å². The highest BCUT2D eigenvalue weighted by atomic mass is 16.1. The largest absolute Gasteiger partial charge is 0.369 e. The van der Waals surface area contributed by atoms with Crippen LogP contribution < -0.4 is 17.0 Å². The summed E-state index contributed by atoms with van der Waals surface area (Å²) in [7, 11) is 0. The molecule has 1 aromatic heterocycles. The molecule has 0 fully saturated rings. The number of carbonyl (C=O) groups is 1. The molecule has 0 atom stereocenters. The highest BCUT2D eigenvalue weighted by molar-refractivity contribution is 5.93. The molecule has 1 heterocycles. The number of nitrogens with two attached hydrogens (primary N) is 2. The minimum atomic E-state index is -0.440. The summed E-state index contributed by atoms with van der Waals surface area (Å²) in [6, 6.07) is 16.7. The molecular formula is C19H18N4O2. The molecule has 0 spiro atoms. The fraction of sp³-hybridized carbons (Fsp3) is 0.105. The predicted octanol–water partition coefficient (Wildman–Crippen LogP) is 1.90. The Kier molecular flexibility index (Phi) is 4.61. The molecule has 2 aromatic carbocycles. The average Bonchev–Trinajstić information content (AvgIpc) is 2.59. The molecule has 126 valence electrons. The van der Waals surface area contributed by atoms with E-state index in [1.807, 2.05) is 30.3 Å². The molecule has 0 saturated heterocycles. The summed E-state index contributed by atoms with van der Waals surface area (Å²) in [6.07, 6.45) is 1.36. The van der Waals surface area contributed by atoms with Gasteiger partial charge in [0.05, 0.1) is 5.69 Å². The number of anilines is 1. The third kappa shape index (κ3) is 4.11. The van der Waals surface area contributed by atoms with E-state index >= 15 is 0 Å². The molecule has 0 bridgehead atoms. The second-order valence-electron chi connectivity index (χ2n) is 5.76. The monoisotopic (exact) mass is 334 g/mol. The number of H-pyrrole nitrogens is 1. The van der Waals surface area contributed by atoms with Gasteiger partial charge in [-0.2, -0.15) is 0 Å². The van der Waals surface area contributed by atoms with E-state index in [1.54, 1.807) is 12.1 Å². The number of amides is 1. The van der Waals surface area contributed by atoms with Gasteiger partial charge in [-0.1, -0.05) is 36.4 Å². The first-order valence-electron chi connectivity index (χ1n) is 7.86. The highest BCUT2D eigenvalue weighted by Crippen LogP contribution is 2.21. The summed E-state index contributed by atoms with van der Waals surface area (Å²) >= 11 is 0. The molecule has 6 nitrogen and oxygen atoms in total. The first kappa shape index (κ1) is 16.4. The number of aryl methyl sites for hydroxylation is 2.